The fourth-order valence-corrected chi connectivity index (χ4v) is 7.67. The lowest BCUT2D eigenvalue weighted by Gasteiger charge is -2.53. The van der Waals surface area contributed by atoms with E-state index in [1.165, 1.54) is 0 Å². The number of carbonyl (C=O) groups excluding carboxylic acids is 3. The number of hydroxylamine groups is 2. The Morgan fingerprint density at radius 1 is 0.773 bits per heavy atom. The van der Waals surface area contributed by atoms with E-state index in [-0.39, 0.29) is 37.3 Å². The highest BCUT2D eigenvalue weighted by Crippen LogP contribution is 2.62. The molecule has 0 unspecified atom stereocenters. The maximum absolute atomic E-state index is 14.5. The van der Waals surface area contributed by atoms with Crippen LogP contribution in [0, 0.1) is 17.3 Å². The molecule has 4 rings (SSSR count). The maximum Gasteiger partial charge on any atom is 0.324 e. The van der Waals surface area contributed by atoms with Gasteiger partial charge in [0.2, 0.25) is 0 Å². The van der Waals surface area contributed by atoms with Gasteiger partial charge in [-0.3, -0.25) is 19.2 Å². The van der Waals surface area contributed by atoms with Gasteiger partial charge >= 0.3 is 17.9 Å². The van der Waals surface area contributed by atoms with E-state index in [4.69, 9.17) is 19.0 Å². The van der Waals surface area contributed by atoms with Gasteiger partial charge in [0.1, 0.15) is 6.10 Å². The fraction of sp³-hybridized carbons (Fsp3) is 0.583. The van der Waals surface area contributed by atoms with E-state index in [9.17, 15) is 14.4 Å². The van der Waals surface area contributed by atoms with Crippen molar-refractivity contribution < 1.29 is 33.4 Å². The molecule has 2 aromatic carbocycles. The highest BCUT2D eigenvalue weighted by atomic mass is 16.7. The molecule has 0 bridgehead atoms. The zero-order valence-electron chi connectivity index (χ0n) is 27.3. The molecule has 1 saturated carbocycles. The average molecular weight is 608 g/mol. The molecule has 2 aliphatic rings. The van der Waals surface area contributed by atoms with E-state index in [2.05, 4.69) is 32.8 Å². The quantitative estimate of drug-likeness (QED) is 0.157. The fourth-order valence-electron chi connectivity index (χ4n) is 7.67. The summed E-state index contributed by atoms with van der Waals surface area (Å²) in [5, 5.41) is 2.05. The third kappa shape index (κ3) is 6.29. The molecule has 1 saturated heterocycles. The summed E-state index contributed by atoms with van der Waals surface area (Å²) in [4.78, 5) is 50.0. The number of benzene rings is 2. The molecule has 2 aromatic rings. The maximum atomic E-state index is 14.5. The van der Waals surface area contributed by atoms with Crippen LogP contribution in [-0.4, -0.2) is 53.9 Å². The Morgan fingerprint density at radius 2 is 1.27 bits per heavy atom. The molecule has 0 aromatic heterocycles. The third-order valence-corrected chi connectivity index (χ3v) is 9.35. The van der Waals surface area contributed by atoms with E-state index < -0.39 is 47.2 Å². The molecule has 1 aliphatic carbocycles. The summed E-state index contributed by atoms with van der Waals surface area (Å²) in [7, 11) is 0. The van der Waals surface area contributed by atoms with Crippen LogP contribution in [0.15, 0.2) is 60.7 Å². The van der Waals surface area contributed by atoms with Crippen LogP contribution in [0.3, 0.4) is 0 Å². The topological polar surface area (TPSA) is 91.4 Å². The largest absolute Gasteiger partial charge is 0.466 e. The minimum Gasteiger partial charge on any atom is -0.466 e. The van der Waals surface area contributed by atoms with Crippen LogP contribution < -0.4 is 0 Å². The smallest absolute Gasteiger partial charge is 0.324 e. The van der Waals surface area contributed by atoms with E-state index >= 15 is 0 Å². The van der Waals surface area contributed by atoms with Gasteiger partial charge in [-0.05, 0) is 85.3 Å². The third-order valence-electron chi connectivity index (χ3n) is 9.35. The number of piperidine rings is 1. The second-order valence-electron chi connectivity index (χ2n) is 13.1. The van der Waals surface area contributed by atoms with Crippen LogP contribution >= 0.6 is 0 Å². The Balaban J connectivity index is 2.03. The van der Waals surface area contributed by atoms with Crippen LogP contribution in [0.1, 0.15) is 97.3 Å². The van der Waals surface area contributed by atoms with Crippen molar-refractivity contribution in [3.63, 3.8) is 0 Å². The molecule has 8 heteroatoms. The van der Waals surface area contributed by atoms with Crippen molar-refractivity contribution in [1.82, 2.24) is 5.06 Å². The first-order chi connectivity index (χ1) is 20.9. The van der Waals surface area contributed by atoms with Gasteiger partial charge in [-0.25, -0.2) is 0 Å². The lowest BCUT2D eigenvalue weighted by molar-refractivity contribution is -0.319. The first-order valence-corrected chi connectivity index (χ1v) is 16.0. The number of ether oxygens (including phenoxy) is 3. The monoisotopic (exact) mass is 607 g/mol. The molecule has 1 heterocycles. The minimum atomic E-state index is -1.89. The van der Waals surface area contributed by atoms with Gasteiger partial charge in [-0.15, -0.1) is 0 Å². The molecule has 240 valence electrons. The summed E-state index contributed by atoms with van der Waals surface area (Å²) in [5.74, 6) is -4.45. The Bertz CT molecular complexity index is 1240. The standard InChI is InChI=1S/C36H49NO7/c1-8-41-31(38)27-24-28(30(26-20-15-12-16-21-26)44-37-34(4,5)22-17-23-35(37,6)7)36(32(39)42-9-2,33(40)43-10-3)29(27)25-18-13-11-14-19-25/h11-16,18-21,27-30H,8-10,17,22-24H2,1-7H3/t27-,28-,29+,30-/m0/s1. The number of carbonyl (C=O) groups is 3. The highest BCUT2D eigenvalue weighted by Gasteiger charge is 2.70. The van der Waals surface area contributed by atoms with Crippen molar-refractivity contribution in [3.8, 4) is 0 Å². The summed E-state index contributed by atoms with van der Waals surface area (Å²) in [5.41, 5.74) is -1.09. The Hall–Kier alpha value is -3.23. The molecule has 4 atom stereocenters. The van der Waals surface area contributed by atoms with E-state index in [1.54, 1.807) is 20.8 Å². The van der Waals surface area contributed by atoms with E-state index in [0.29, 0.717) is 5.56 Å². The van der Waals surface area contributed by atoms with Crippen molar-refractivity contribution in [2.24, 2.45) is 17.3 Å². The van der Waals surface area contributed by atoms with Crippen molar-refractivity contribution in [2.75, 3.05) is 19.8 Å². The molecular weight excluding hydrogens is 558 g/mol. The van der Waals surface area contributed by atoms with Crippen molar-refractivity contribution in [3.05, 3.63) is 71.8 Å². The van der Waals surface area contributed by atoms with E-state index in [1.807, 2.05) is 60.7 Å². The summed E-state index contributed by atoms with van der Waals surface area (Å²) in [6, 6.07) is 18.9. The summed E-state index contributed by atoms with van der Waals surface area (Å²) < 4.78 is 17.1. The number of nitrogens with zero attached hydrogens (tertiary/aromatic N) is 1. The van der Waals surface area contributed by atoms with E-state index in [0.717, 1.165) is 24.8 Å². The average Bonchev–Trinajstić information content (AvgIpc) is 3.35. The Morgan fingerprint density at radius 3 is 1.77 bits per heavy atom. The van der Waals surface area contributed by atoms with Gasteiger partial charge in [0.15, 0.2) is 5.41 Å². The minimum absolute atomic E-state index is 0.0569. The van der Waals surface area contributed by atoms with Gasteiger partial charge < -0.3 is 14.2 Å². The number of rotatable bonds is 11. The Labute approximate surface area is 262 Å². The second kappa shape index (κ2) is 13.8. The molecule has 1 aliphatic heterocycles. The first-order valence-electron chi connectivity index (χ1n) is 16.0. The van der Waals surface area contributed by atoms with Gasteiger partial charge in [-0.2, -0.15) is 5.06 Å². The highest BCUT2D eigenvalue weighted by molar-refractivity contribution is 6.03. The second-order valence-corrected chi connectivity index (χ2v) is 13.1. The number of hydrogen-bond donors (Lipinski definition) is 0. The molecular formula is C36H49NO7. The zero-order valence-corrected chi connectivity index (χ0v) is 27.3. The van der Waals surface area contributed by atoms with Crippen molar-refractivity contribution in [1.29, 1.82) is 0 Å². The lowest BCUT2D eigenvalue weighted by Crippen LogP contribution is -2.59. The van der Waals surface area contributed by atoms with Crippen LogP contribution in [0.4, 0.5) is 0 Å². The SMILES string of the molecule is CCOC(=O)[C@H]1C[C@@H]([C@@H](ON2C(C)(C)CCCC2(C)C)c2ccccc2)C(C(=O)OCC)(C(=O)OCC)[C@@H]1c1ccccc1. The predicted octanol–water partition coefficient (Wildman–Crippen LogP) is 6.80. The molecule has 44 heavy (non-hydrogen) atoms. The van der Waals surface area contributed by atoms with Crippen LogP contribution in [0.5, 0.6) is 0 Å². The molecule has 0 N–H and O–H groups in total. The lowest BCUT2D eigenvalue weighted by atomic mass is 9.65. The molecule has 2 fully saturated rings. The van der Waals surface area contributed by atoms with Crippen molar-refractivity contribution >= 4 is 17.9 Å². The normalized spacial score (nSPS) is 24.7. The number of hydrogen-bond acceptors (Lipinski definition) is 8. The molecule has 0 amide bonds. The van der Waals surface area contributed by atoms with Crippen molar-refractivity contribution in [2.45, 2.75) is 97.2 Å². The van der Waals surface area contributed by atoms with Crippen LogP contribution in [-0.2, 0) is 33.4 Å². The Kier molecular flexibility index (Phi) is 10.6. The molecule has 0 radical (unpaired) electrons. The summed E-state index contributed by atoms with van der Waals surface area (Å²) >= 11 is 0. The first kappa shape index (κ1) is 33.7. The molecule has 8 nitrogen and oxygen atoms in total. The summed E-state index contributed by atoms with van der Waals surface area (Å²) in [6.07, 6.45) is 2.26. The van der Waals surface area contributed by atoms with Gasteiger partial charge in [0.25, 0.3) is 0 Å². The van der Waals surface area contributed by atoms with Crippen LogP contribution in [0.25, 0.3) is 0 Å². The predicted molar refractivity (Wildman–Crippen MR) is 167 cm³/mol. The van der Waals surface area contributed by atoms with Crippen LogP contribution in [0.2, 0.25) is 0 Å². The number of esters is 3. The van der Waals surface area contributed by atoms with Gasteiger partial charge in [0.05, 0.1) is 25.7 Å². The van der Waals surface area contributed by atoms with Gasteiger partial charge in [0, 0.05) is 22.9 Å². The summed E-state index contributed by atoms with van der Waals surface area (Å²) in [6.45, 7) is 14.1. The molecule has 0 spiro atoms. The zero-order chi connectivity index (χ0) is 32.1. The van der Waals surface area contributed by atoms with Gasteiger partial charge in [-0.1, -0.05) is 60.7 Å².